The molecule has 0 spiro atoms. The summed E-state index contributed by atoms with van der Waals surface area (Å²) in [5, 5.41) is 4.56. The number of nitrogens with one attached hydrogen (secondary N) is 1. The largest absolute Gasteiger partial charge is 0.493 e. The quantitative estimate of drug-likeness (QED) is 0.293. The Balaban J connectivity index is 1.57. The lowest BCUT2D eigenvalue weighted by Crippen LogP contribution is -2.30. The molecule has 1 N–H and O–H groups in total. The first-order valence-electron chi connectivity index (χ1n) is 12.1. The summed E-state index contributed by atoms with van der Waals surface area (Å²) in [6, 6.07) is 9.66. The molecule has 2 heterocycles. The van der Waals surface area contributed by atoms with Crippen LogP contribution in [0.15, 0.2) is 47.1 Å². The maximum atomic E-state index is 12.6. The van der Waals surface area contributed by atoms with Crippen LogP contribution in [-0.4, -0.2) is 43.0 Å². The zero-order chi connectivity index (χ0) is 24.9. The van der Waals surface area contributed by atoms with Gasteiger partial charge < -0.3 is 19.4 Å². The molecule has 2 aromatic carbocycles. The molecule has 0 bridgehead atoms. The fraction of sp³-hybridized carbons (Fsp3) is 0.357. The Morgan fingerprint density at radius 1 is 1.29 bits per heavy atom. The highest BCUT2D eigenvalue weighted by Crippen LogP contribution is 2.40. The van der Waals surface area contributed by atoms with E-state index in [4.69, 9.17) is 20.8 Å². The van der Waals surface area contributed by atoms with Gasteiger partial charge in [0.2, 0.25) is 11.8 Å². The molecule has 0 radical (unpaired) electrons. The zero-order valence-electron chi connectivity index (χ0n) is 20.4. The minimum absolute atomic E-state index is 0.166. The molecule has 0 aliphatic carbocycles. The van der Waals surface area contributed by atoms with E-state index in [1.165, 1.54) is 0 Å². The van der Waals surface area contributed by atoms with Gasteiger partial charge in [0.05, 0.1) is 12.9 Å². The average Bonchev–Trinajstić information content (AvgIpc) is 3.45. The molecule has 184 valence electrons. The molecule has 1 aromatic heterocycles. The van der Waals surface area contributed by atoms with Crippen molar-refractivity contribution in [2.45, 2.75) is 40.0 Å². The number of nitrogens with zero attached hydrogens (tertiary/aromatic N) is 1. The second-order valence-corrected chi connectivity index (χ2v) is 9.24. The van der Waals surface area contributed by atoms with Gasteiger partial charge in [-0.15, -0.1) is 0 Å². The lowest BCUT2D eigenvalue weighted by atomic mass is 9.96. The van der Waals surface area contributed by atoms with E-state index >= 15 is 0 Å². The number of hydrogen-bond donors (Lipinski definition) is 1. The maximum absolute atomic E-state index is 12.6. The standard InChI is InChI=1S/C28H31ClN2O4/c1-4-34-27-19(3)28-23(24(17-35-28)20-8-10-21(29)11-9-20)16-22(27)18(2)15-25(32)30-12-6-14-31-13-5-7-26(31)33/h8-11,15-17H,4-7,12-14H2,1-3H3,(H,30,32)/b18-15+. The second-order valence-electron chi connectivity index (χ2n) is 8.80. The van der Waals surface area contributed by atoms with E-state index in [1.54, 1.807) is 12.3 Å². The van der Waals surface area contributed by atoms with Gasteiger partial charge in [0.25, 0.3) is 0 Å². The summed E-state index contributed by atoms with van der Waals surface area (Å²) in [6.07, 6.45) is 5.65. The molecule has 0 unspecified atom stereocenters. The first-order valence-corrected chi connectivity index (χ1v) is 12.4. The van der Waals surface area contributed by atoms with E-state index < -0.39 is 0 Å². The number of fused-ring (bicyclic) bond motifs is 1. The first kappa shape index (κ1) is 24.9. The number of furan rings is 1. The lowest BCUT2D eigenvalue weighted by Gasteiger charge is -2.16. The van der Waals surface area contributed by atoms with Crippen molar-refractivity contribution in [2.24, 2.45) is 0 Å². The number of halogens is 1. The summed E-state index contributed by atoms with van der Waals surface area (Å²) in [6.45, 7) is 8.34. The van der Waals surface area contributed by atoms with E-state index in [9.17, 15) is 9.59 Å². The third-order valence-corrected chi connectivity index (χ3v) is 6.59. The van der Waals surface area contributed by atoms with Gasteiger partial charge in [-0.25, -0.2) is 0 Å². The predicted molar refractivity (Wildman–Crippen MR) is 140 cm³/mol. The van der Waals surface area contributed by atoms with E-state index in [0.29, 0.717) is 36.9 Å². The van der Waals surface area contributed by atoms with Crippen LogP contribution in [-0.2, 0) is 9.59 Å². The normalized spacial score (nSPS) is 14.1. The number of ether oxygens (including phenoxy) is 1. The first-order chi connectivity index (χ1) is 16.9. The van der Waals surface area contributed by atoms with Crippen molar-refractivity contribution in [1.29, 1.82) is 0 Å². The molecule has 0 saturated carbocycles. The Labute approximate surface area is 210 Å². The third kappa shape index (κ3) is 5.54. The number of benzene rings is 2. The van der Waals surface area contributed by atoms with Gasteiger partial charge in [0, 0.05) is 59.2 Å². The molecule has 2 amide bonds. The van der Waals surface area contributed by atoms with Crippen LogP contribution in [0.4, 0.5) is 0 Å². The number of allylic oxidation sites excluding steroid dienone is 1. The van der Waals surface area contributed by atoms with Gasteiger partial charge in [0.15, 0.2) is 0 Å². The number of carbonyl (C=O) groups excluding carboxylic acids is 2. The Hall–Kier alpha value is -3.25. The highest BCUT2D eigenvalue weighted by atomic mass is 35.5. The maximum Gasteiger partial charge on any atom is 0.244 e. The Morgan fingerprint density at radius 2 is 2.06 bits per heavy atom. The van der Waals surface area contributed by atoms with Crippen molar-refractivity contribution in [2.75, 3.05) is 26.2 Å². The van der Waals surface area contributed by atoms with Gasteiger partial charge in [-0.05, 0) is 62.9 Å². The summed E-state index contributed by atoms with van der Waals surface area (Å²) in [5.41, 5.74) is 5.26. The molecule has 3 aromatic rings. The van der Waals surface area contributed by atoms with Crippen LogP contribution in [0, 0.1) is 6.92 Å². The molecule has 1 aliphatic rings. The minimum atomic E-state index is -0.166. The monoisotopic (exact) mass is 494 g/mol. The number of hydrogen-bond acceptors (Lipinski definition) is 4. The van der Waals surface area contributed by atoms with Crippen molar-refractivity contribution < 1.29 is 18.7 Å². The van der Waals surface area contributed by atoms with Crippen molar-refractivity contribution in [3.05, 3.63) is 58.8 Å². The smallest absolute Gasteiger partial charge is 0.244 e. The lowest BCUT2D eigenvalue weighted by molar-refractivity contribution is -0.127. The molecule has 4 rings (SSSR count). The van der Waals surface area contributed by atoms with Gasteiger partial charge >= 0.3 is 0 Å². The zero-order valence-corrected chi connectivity index (χ0v) is 21.2. The third-order valence-electron chi connectivity index (χ3n) is 6.34. The van der Waals surface area contributed by atoms with E-state index in [1.807, 2.05) is 56.0 Å². The van der Waals surface area contributed by atoms with Crippen molar-refractivity contribution in [1.82, 2.24) is 10.2 Å². The predicted octanol–water partition coefficient (Wildman–Crippen LogP) is 5.99. The molecule has 1 aliphatic heterocycles. The molecule has 0 atom stereocenters. The van der Waals surface area contributed by atoms with E-state index in [2.05, 4.69) is 5.32 Å². The fourth-order valence-electron chi connectivity index (χ4n) is 4.54. The topological polar surface area (TPSA) is 71.8 Å². The minimum Gasteiger partial charge on any atom is -0.493 e. The summed E-state index contributed by atoms with van der Waals surface area (Å²) >= 11 is 6.07. The van der Waals surface area contributed by atoms with E-state index in [-0.39, 0.29) is 11.8 Å². The molecule has 7 heteroatoms. The van der Waals surface area contributed by atoms with E-state index in [0.717, 1.165) is 58.2 Å². The Morgan fingerprint density at radius 3 is 2.74 bits per heavy atom. The van der Waals surface area contributed by atoms with Gasteiger partial charge in [-0.3, -0.25) is 9.59 Å². The molecular weight excluding hydrogens is 464 g/mol. The van der Waals surface area contributed by atoms with Crippen LogP contribution in [0.2, 0.25) is 5.02 Å². The van der Waals surface area contributed by atoms with Gasteiger partial charge in [-0.1, -0.05) is 23.7 Å². The van der Waals surface area contributed by atoms with Crippen molar-refractivity contribution in [3.8, 4) is 16.9 Å². The van der Waals surface area contributed by atoms with Crippen LogP contribution in [0.1, 0.15) is 44.2 Å². The molecule has 6 nitrogen and oxygen atoms in total. The van der Waals surface area contributed by atoms with Gasteiger partial charge in [0.1, 0.15) is 11.3 Å². The number of carbonyl (C=O) groups is 2. The number of aryl methyl sites for hydroxylation is 1. The second kappa shape index (κ2) is 11.0. The number of amides is 2. The summed E-state index contributed by atoms with van der Waals surface area (Å²) in [4.78, 5) is 26.2. The number of likely N-dealkylation sites (tertiary alicyclic amines) is 1. The SMILES string of the molecule is CCOc1c(/C(C)=C/C(=O)NCCCN2CCCC2=O)cc2c(-c3ccc(Cl)cc3)coc2c1C. The number of rotatable bonds is 9. The summed E-state index contributed by atoms with van der Waals surface area (Å²) < 4.78 is 11.9. The van der Waals surface area contributed by atoms with Gasteiger partial charge in [-0.2, -0.15) is 0 Å². The summed E-state index contributed by atoms with van der Waals surface area (Å²) in [7, 11) is 0. The highest BCUT2D eigenvalue weighted by molar-refractivity contribution is 6.30. The Kier molecular flexibility index (Phi) is 7.81. The van der Waals surface area contributed by atoms with Crippen LogP contribution in [0.5, 0.6) is 5.75 Å². The Bertz CT molecular complexity index is 1260. The molecule has 1 fully saturated rings. The van der Waals surface area contributed by atoms with Crippen LogP contribution in [0.3, 0.4) is 0 Å². The van der Waals surface area contributed by atoms with Crippen molar-refractivity contribution >= 4 is 40.0 Å². The van der Waals surface area contributed by atoms with Crippen LogP contribution >= 0.6 is 11.6 Å². The van der Waals surface area contributed by atoms with Crippen LogP contribution in [0.25, 0.3) is 27.7 Å². The average molecular weight is 495 g/mol. The molecule has 1 saturated heterocycles. The van der Waals surface area contributed by atoms with Crippen molar-refractivity contribution in [3.63, 3.8) is 0 Å². The fourth-order valence-corrected chi connectivity index (χ4v) is 4.67. The highest BCUT2D eigenvalue weighted by Gasteiger charge is 2.20. The molecular formula is C28H31ClN2O4. The van der Waals surface area contributed by atoms with Crippen LogP contribution < -0.4 is 10.1 Å². The summed E-state index contributed by atoms with van der Waals surface area (Å²) in [5.74, 6) is 0.755. The molecule has 35 heavy (non-hydrogen) atoms.